The summed E-state index contributed by atoms with van der Waals surface area (Å²) >= 11 is 0. The predicted octanol–water partition coefficient (Wildman–Crippen LogP) is 4.04. The number of β-lactam (4-membered cyclic amide) rings is 1. The average Bonchev–Trinajstić information content (AvgIpc) is 2.95. The molecule has 5 atom stereocenters. The van der Waals surface area contributed by atoms with Crippen molar-refractivity contribution in [3.63, 3.8) is 0 Å². The molecule has 2 unspecified atom stereocenters. The van der Waals surface area contributed by atoms with Gasteiger partial charge in [0.2, 0.25) is 17.7 Å². The summed E-state index contributed by atoms with van der Waals surface area (Å²) < 4.78 is 6.52. The van der Waals surface area contributed by atoms with Crippen LogP contribution in [-0.2, 0) is 18.8 Å². The van der Waals surface area contributed by atoms with Gasteiger partial charge in [-0.1, -0.05) is 50.6 Å². The van der Waals surface area contributed by atoms with E-state index in [0.717, 1.165) is 5.57 Å². The molecule has 2 fully saturated rings. The lowest BCUT2D eigenvalue weighted by molar-refractivity contribution is -0.138. The number of anilines is 1. The van der Waals surface area contributed by atoms with Crippen molar-refractivity contribution in [1.82, 2.24) is 5.32 Å². The van der Waals surface area contributed by atoms with E-state index in [9.17, 15) is 14.4 Å². The third kappa shape index (κ3) is 3.75. The van der Waals surface area contributed by atoms with Crippen LogP contribution in [0.1, 0.15) is 40.5 Å². The van der Waals surface area contributed by atoms with Crippen LogP contribution in [0, 0.1) is 17.8 Å². The summed E-state index contributed by atoms with van der Waals surface area (Å²) in [7, 11) is -2.01. The Kier molecular flexibility index (Phi) is 5.70. The molecule has 0 bridgehead atoms. The van der Waals surface area contributed by atoms with E-state index in [4.69, 9.17) is 4.43 Å². The lowest BCUT2D eigenvalue weighted by Crippen LogP contribution is -2.64. The lowest BCUT2D eigenvalue weighted by Gasteiger charge is -2.46. The number of fused-ring (bicyclic) bond motifs is 1. The fourth-order valence-corrected chi connectivity index (χ4v) is 6.33. The van der Waals surface area contributed by atoms with E-state index in [-0.39, 0.29) is 52.7 Å². The van der Waals surface area contributed by atoms with Gasteiger partial charge in [0, 0.05) is 0 Å². The van der Waals surface area contributed by atoms with Gasteiger partial charge in [0.25, 0.3) is 0 Å². The first-order valence-electron chi connectivity index (χ1n) is 11.5. The van der Waals surface area contributed by atoms with Crippen molar-refractivity contribution in [2.75, 3.05) is 4.90 Å². The van der Waals surface area contributed by atoms with Crippen LogP contribution in [0.5, 0.6) is 0 Å². The smallest absolute Gasteiger partial charge is 0.238 e. The Bertz CT molecular complexity index is 966. The van der Waals surface area contributed by atoms with Gasteiger partial charge in [0.05, 0.1) is 35.6 Å². The van der Waals surface area contributed by atoms with E-state index in [1.165, 1.54) is 4.90 Å². The van der Waals surface area contributed by atoms with Gasteiger partial charge in [-0.3, -0.25) is 19.3 Å². The summed E-state index contributed by atoms with van der Waals surface area (Å²) in [5.41, 5.74) is 1.68. The number of carbonyl (C=O) groups is 3. The Balaban J connectivity index is 1.49. The predicted molar refractivity (Wildman–Crippen MR) is 126 cm³/mol. The van der Waals surface area contributed by atoms with E-state index < -0.39 is 8.32 Å². The Hall–Kier alpha value is -2.25. The number of nitrogens with one attached hydrogen (secondary N) is 1. The van der Waals surface area contributed by atoms with Gasteiger partial charge >= 0.3 is 0 Å². The highest BCUT2D eigenvalue weighted by molar-refractivity contribution is 6.74. The van der Waals surface area contributed by atoms with Crippen LogP contribution in [0.15, 0.2) is 42.0 Å². The van der Waals surface area contributed by atoms with E-state index >= 15 is 0 Å². The van der Waals surface area contributed by atoms with Crippen molar-refractivity contribution < 1.29 is 18.8 Å². The summed E-state index contributed by atoms with van der Waals surface area (Å²) in [4.78, 5) is 40.0. The van der Waals surface area contributed by atoms with Crippen LogP contribution in [0.3, 0.4) is 0 Å². The van der Waals surface area contributed by atoms with Crippen LogP contribution in [-0.4, -0.2) is 38.2 Å². The third-order valence-electron chi connectivity index (χ3n) is 7.82. The molecule has 1 aromatic rings. The zero-order valence-electron chi connectivity index (χ0n) is 19.8. The second-order valence-corrected chi connectivity index (χ2v) is 15.6. The number of hydrogen-bond donors (Lipinski definition) is 1. The van der Waals surface area contributed by atoms with E-state index in [2.05, 4.69) is 45.3 Å². The van der Waals surface area contributed by atoms with Crippen molar-refractivity contribution in [3.8, 4) is 0 Å². The Morgan fingerprint density at radius 3 is 2.28 bits per heavy atom. The molecule has 1 N–H and O–H groups in total. The van der Waals surface area contributed by atoms with Crippen LogP contribution < -0.4 is 10.2 Å². The molecule has 32 heavy (non-hydrogen) atoms. The molecule has 1 aliphatic carbocycles. The van der Waals surface area contributed by atoms with Crippen LogP contribution in [0.2, 0.25) is 18.1 Å². The normalized spacial score (nSPS) is 29.2. The summed E-state index contributed by atoms with van der Waals surface area (Å²) in [5, 5.41) is 3.10. The number of carbonyl (C=O) groups excluding carboxylic acids is 3. The Morgan fingerprint density at radius 2 is 1.69 bits per heavy atom. The standard InChI is InChI=1S/C25H34N2O4Si/c1-15(31-32(5,6)25(2,3)4)20-21(26-22(20)28)16-12-13-18-19(14-16)24(30)27(23(18)29)17-10-8-7-9-11-17/h7-12,15,18-21H,13-14H2,1-6H3,(H,26,28)/t15-,18?,19?,20+,21+/m0/s1. The topological polar surface area (TPSA) is 75.7 Å². The van der Waals surface area contributed by atoms with Crippen LogP contribution in [0.4, 0.5) is 5.69 Å². The van der Waals surface area contributed by atoms with Gasteiger partial charge in [0.1, 0.15) is 0 Å². The highest BCUT2D eigenvalue weighted by Crippen LogP contribution is 2.44. The fourth-order valence-electron chi connectivity index (χ4n) is 4.90. The number of benzene rings is 1. The van der Waals surface area contributed by atoms with E-state index in [1.807, 2.05) is 25.1 Å². The van der Waals surface area contributed by atoms with Gasteiger partial charge in [-0.25, -0.2) is 0 Å². The molecule has 6 nitrogen and oxygen atoms in total. The number of amides is 3. The van der Waals surface area contributed by atoms with Crippen molar-refractivity contribution in [2.24, 2.45) is 17.8 Å². The molecule has 172 valence electrons. The first kappa shape index (κ1) is 22.9. The van der Waals surface area contributed by atoms with Crippen molar-refractivity contribution >= 4 is 31.7 Å². The molecule has 0 radical (unpaired) electrons. The SMILES string of the molecule is C[C@H](O[Si](C)(C)C(C)(C)C)[C@H]1C(=O)N[C@@H]1C1=CCC2C(=O)N(c3ccccc3)C(=O)C2C1. The van der Waals surface area contributed by atoms with Gasteiger partial charge in [0.15, 0.2) is 8.32 Å². The molecule has 7 heteroatoms. The molecular weight excluding hydrogens is 420 g/mol. The molecule has 4 rings (SSSR count). The summed E-state index contributed by atoms with van der Waals surface area (Å²) in [6, 6.07) is 9.00. The van der Waals surface area contributed by atoms with Gasteiger partial charge in [-0.05, 0) is 50.0 Å². The summed E-state index contributed by atoms with van der Waals surface area (Å²) in [6.45, 7) is 12.9. The average molecular weight is 455 g/mol. The minimum atomic E-state index is -2.01. The van der Waals surface area contributed by atoms with Gasteiger partial charge < -0.3 is 9.74 Å². The molecule has 2 saturated heterocycles. The molecule has 3 aliphatic rings. The minimum absolute atomic E-state index is 0.00368. The second kappa shape index (κ2) is 7.95. The Labute approximate surface area is 191 Å². The fraction of sp³-hybridized carbons (Fsp3) is 0.560. The number of para-hydroxylation sites is 1. The maximum Gasteiger partial charge on any atom is 0.238 e. The first-order chi connectivity index (χ1) is 14.9. The van der Waals surface area contributed by atoms with Crippen molar-refractivity contribution in [3.05, 3.63) is 42.0 Å². The molecule has 0 spiro atoms. The minimum Gasteiger partial charge on any atom is -0.413 e. The largest absolute Gasteiger partial charge is 0.413 e. The lowest BCUT2D eigenvalue weighted by atomic mass is 9.73. The molecule has 3 amide bonds. The molecule has 2 aliphatic heterocycles. The highest BCUT2D eigenvalue weighted by Gasteiger charge is 2.53. The monoisotopic (exact) mass is 454 g/mol. The third-order valence-corrected chi connectivity index (χ3v) is 12.4. The van der Waals surface area contributed by atoms with E-state index in [0.29, 0.717) is 18.5 Å². The molecule has 0 saturated carbocycles. The maximum atomic E-state index is 13.2. The van der Waals surface area contributed by atoms with Crippen molar-refractivity contribution in [1.29, 1.82) is 0 Å². The van der Waals surface area contributed by atoms with E-state index in [1.54, 1.807) is 12.1 Å². The van der Waals surface area contributed by atoms with Crippen LogP contribution in [0.25, 0.3) is 0 Å². The molecular formula is C25H34N2O4Si. The first-order valence-corrected chi connectivity index (χ1v) is 14.4. The van der Waals surface area contributed by atoms with Gasteiger partial charge in [-0.15, -0.1) is 0 Å². The zero-order chi connectivity index (χ0) is 23.4. The Morgan fingerprint density at radius 1 is 1.06 bits per heavy atom. The van der Waals surface area contributed by atoms with Crippen molar-refractivity contribution in [2.45, 2.75) is 70.8 Å². The number of rotatable bonds is 5. The molecule has 1 aromatic carbocycles. The highest BCUT2D eigenvalue weighted by atomic mass is 28.4. The second-order valence-electron chi connectivity index (χ2n) is 10.9. The molecule has 0 aromatic heterocycles. The number of imide groups is 1. The quantitative estimate of drug-likeness (QED) is 0.315. The molecule has 2 heterocycles. The maximum absolute atomic E-state index is 13.2. The number of hydrogen-bond acceptors (Lipinski definition) is 4. The van der Waals surface area contributed by atoms with Crippen LogP contribution >= 0.6 is 0 Å². The number of allylic oxidation sites excluding steroid dienone is 1. The zero-order valence-corrected chi connectivity index (χ0v) is 20.8. The summed E-state index contributed by atoms with van der Waals surface area (Å²) in [5.74, 6) is -1.19. The summed E-state index contributed by atoms with van der Waals surface area (Å²) in [6.07, 6.45) is 2.91. The van der Waals surface area contributed by atoms with Gasteiger partial charge in [-0.2, -0.15) is 0 Å². The number of nitrogens with zero attached hydrogens (tertiary/aromatic N) is 1.